The maximum absolute atomic E-state index is 12.8. The van der Waals surface area contributed by atoms with E-state index in [2.05, 4.69) is 10.0 Å². The van der Waals surface area contributed by atoms with Gasteiger partial charge in [0.2, 0.25) is 0 Å². The zero-order valence-electron chi connectivity index (χ0n) is 10.9. The summed E-state index contributed by atoms with van der Waals surface area (Å²) in [7, 11) is -5.60. The van der Waals surface area contributed by atoms with Crippen molar-refractivity contribution < 1.29 is 12.6 Å². The first-order valence-electron chi connectivity index (χ1n) is 6.33. The molecule has 1 fully saturated rings. The molecule has 0 spiro atoms. The molecule has 2 bridgehead atoms. The van der Waals surface area contributed by atoms with Crippen LogP contribution in [0.2, 0.25) is 0 Å². The first-order chi connectivity index (χ1) is 10.1. The van der Waals surface area contributed by atoms with Crippen LogP contribution in [0.4, 0.5) is 5.69 Å². The summed E-state index contributed by atoms with van der Waals surface area (Å²) in [4.78, 5) is 2.53. The van der Waals surface area contributed by atoms with Crippen LogP contribution < -0.4 is 0 Å². The van der Waals surface area contributed by atoms with Crippen LogP contribution >= 0.6 is 0 Å². The summed E-state index contributed by atoms with van der Waals surface area (Å²) in [5.41, 5.74) is 8.57. The molecule has 0 saturated carbocycles. The summed E-state index contributed by atoms with van der Waals surface area (Å²) >= 11 is 0. The van der Waals surface area contributed by atoms with Gasteiger partial charge in [-0.15, -0.1) is 3.71 Å². The van der Waals surface area contributed by atoms with Gasteiger partial charge in [-0.25, -0.2) is 12.6 Å². The molecule has 1 aromatic rings. The van der Waals surface area contributed by atoms with E-state index in [-0.39, 0.29) is 15.8 Å². The molecule has 110 valence electrons. The van der Waals surface area contributed by atoms with Crippen LogP contribution in [0.1, 0.15) is 12.8 Å². The zero-order chi connectivity index (χ0) is 15.0. The highest BCUT2D eigenvalue weighted by atomic mass is 32.3. The molecule has 0 N–H and O–H groups in total. The fourth-order valence-corrected chi connectivity index (χ4v) is 6.54. The molecule has 0 amide bonds. The van der Waals surface area contributed by atoms with Crippen molar-refractivity contribution in [1.29, 1.82) is 0 Å². The van der Waals surface area contributed by atoms with Crippen molar-refractivity contribution in [3.8, 4) is 0 Å². The third-order valence-corrected chi connectivity index (χ3v) is 7.75. The highest BCUT2D eigenvalue weighted by molar-refractivity contribution is 8.01. The predicted molar refractivity (Wildman–Crippen MR) is 78.4 cm³/mol. The Kier molecular flexibility index (Phi) is 3.58. The number of hydrogen-bond donors (Lipinski definition) is 0. The van der Waals surface area contributed by atoms with Gasteiger partial charge in [0.1, 0.15) is 11.0 Å². The molecule has 2 heterocycles. The minimum Gasteiger partial charge on any atom is -0.241 e. The minimum absolute atomic E-state index is 0.0161. The van der Waals surface area contributed by atoms with Crippen molar-refractivity contribution in [2.24, 2.45) is 5.11 Å². The SMILES string of the molecule is [N-]=[N+]=Nc1ccccc1S(=O)(=O)N1[C@@H]2C=C[C@@H](CC2)S1=O. The van der Waals surface area contributed by atoms with Crippen molar-refractivity contribution in [3.63, 3.8) is 0 Å². The number of fused-ring (bicyclic) bond motifs is 2. The van der Waals surface area contributed by atoms with Gasteiger partial charge in [0, 0.05) is 4.91 Å². The fraction of sp³-hybridized carbons (Fsp3) is 0.333. The summed E-state index contributed by atoms with van der Waals surface area (Å²) in [5.74, 6) is 0. The van der Waals surface area contributed by atoms with Crippen LogP contribution in [0.25, 0.3) is 10.4 Å². The van der Waals surface area contributed by atoms with E-state index in [0.717, 1.165) is 10.1 Å². The van der Waals surface area contributed by atoms with Crippen molar-refractivity contribution in [3.05, 3.63) is 46.9 Å². The molecule has 21 heavy (non-hydrogen) atoms. The van der Waals surface area contributed by atoms with Gasteiger partial charge < -0.3 is 0 Å². The highest BCUT2D eigenvalue weighted by Gasteiger charge is 2.44. The van der Waals surface area contributed by atoms with Gasteiger partial charge in [0.05, 0.1) is 21.9 Å². The van der Waals surface area contributed by atoms with Gasteiger partial charge in [-0.05, 0) is 24.4 Å². The van der Waals surface area contributed by atoms with Crippen LogP contribution in [0.5, 0.6) is 0 Å². The normalized spacial score (nSPS) is 28.3. The molecule has 4 rings (SSSR count). The molecule has 3 atom stereocenters. The summed E-state index contributed by atoms with van der Waals surface area (Å²) in [5, 5.41) is 3.15. The van der Waals surface area contributed by atoms with Crippen molar-refractivity contribution in [2.45, 2.75) is 29.0 Å². The lowest BCUT2D eigenvalue weighted by Crippen LogP contribution is -2.50. The Morgan fingerprint density at radius 3 is 2.67 bits per heavy atom. The third-order valence-electron chi connectivity index (χ3n) is 3.53. The molecule has 9 heteroatoms. The zero-order valence-corrected chi connectivity index (χ0v) is 12.5. The van der Waals surface area contributed by atoms with E-state index >= 15 is 0 Å². The van der Waals surface area contributed by atoms with Crippen molar-refractivity contribution in [2.75, 3.05) is 0 Å². The molecule has 1 aliphatic carbocycles. The van der Waals surface area contributed by atoms with E-state index in [1.165, 1.54) is 12.1 Å². The van der Waals surface area contributed by atoms with Gasteiger partial charge in [-0.3, -0.25) is 0 Å². The Morgan fingerprint density at radius 1 is 1.29 bits per heavy atom. The molecule has 2 aliphatic heterocycles. The van der Waals surface area contributed by atoms with E-state index in [0.29, 0.717) is 6.42 Å². The molecular weight excluding hydrogens is 312 g/mol. The molecule has 1 saturated heterocycles. The van der Waals surface area contributed by atoms with Crippen LogP contribution in [-0.4, -0.2) is 27.6 Å². The number of rotatable bonds is 3. The van der Waals surface area contributed by atoms with Crippen molar-refractivity contribution >= 4 is 26.7 Å². The molecular formula is C12H12N4O3S2. The summed E-state index contributed by atoms with van der Waals surface area (Å²) < 4.78 is 39.0. The third kappa shape index (κ3) is 2.28. The Balaban J connectivity index is 2.12. The number of sulfonamides is 1. The second kappa shape index (κ2) is 5.27. The summed E-state index contributed by atoms with van der Waals surface area (Å²) in [6.45, 7) is 0. The van der Waals surface area contributed by atoms with E-state index in [9.17, 15) is 12.6 Å². The molecule has 3 aliphatic rings. The average Bonchev–Trinajstić information content (AvgIpc) is 2.49. The molecule has 0 aromatic heterocycles. The van der Waals surface area contributed by atoms with E-state index < -0.39 is 27.1 Å². The van der Waals surface area contributed by atoms with Crippen LogP contribution in [-0.2, 0) is 21.0 Å². The average molecular weight is 324 g/mol. The first-order valence-corrected chi connectivity index (χ1v) is 8.94. The second-order valence-corrected chi connectivity index (χ2v) is 8.33. The van der Waals surface area contributed by atoms with Crippen LogP contribution in [0.3, 0.4) is 0 Å². The Labute approximate surface area is 124 Å². The number of hydrogen-bond acceptors (Lipinski definition) is 4. The van der Waals surface area contributed by atoms with E-state index in [1.54, 1.807) is 18.2 Å². The van der Waals surface area contributed by atoms with Gasteiger partial charge in [-0.2, -0.15) is 0 Å². The number of benzene rings is 1. The van der Waals surface area contributed by atoms with Gasteiger partial charge in [0.25, 0.3) is 10.0 Å². The topological polar surface area (TPSA) is 103 Å². The molecule has 0 radical (unpaired) electrons. The summed E-state index contributed by atoms with van der Waals surface area (Å²) in [6, 6.07) is 5.52. The monoisotopic (exact) mass is 324 g/mol. The lowest BCUT2D eigenvalue weighted by molar-refractivity contribution is 0.426. The molecule has 7 nitrogen and oxygen atoms in total. The maximum Gasteiger partial charge on any atom is 0.255 e. The highest BCUT2D eigenvalue weighted by Crippen LogP contribution is 2.37. The first kappa shape index (κ1) is 14.3. The quantitative estimate of drug-likeness (QED) is 0.369. The van der Waals surface area contributed by atoms with E-state index in [4.69, 9.17) is 5.53 Å². The van der Waals surface area contributed by atoms with Crippen LogP contribution in [0.15, 0.2) is 46.4 Å². The van der Waals surface area contributed by atoms with Gasteiger partial charge in [0.15, 0.2) is 0 Å². The van der Waals surface area contributed by atoms with Crippen LogP contribution in [0, 0.1) is 0 Å². The molecule has 1 aromatic carbocycles. The smallest absolute Gasteiger partial charge is 0.241 e. The summed E-state index contributed by atoms with van der Waals surface area (Å²) in [6.07, 6.45) is 4.96. The Hall–Kier alpha value is -1.67. The van der Waals surface area contributed by atoms with Gasteiger partial charge in [-0.1, -0.05) is 35.5 Å². The standard InChI is InChI=1S/C12H12N4O3S2/c13-15-14-11-3-1-2-4-12(11)21(18,19)16-9-5-7-10(8-6-9)20(16)17/h1-5,7,9-10H,6,8H2/t9-,10+,20?/m1/s1. The molecule has 1 unspecified atom stereocenters. The van der Waals surface area contributed by atoms with E-state index in [1.807, 2.05) is 6.08 Å². The Morgan fingerprint density at radius 2 is 2.05 bits per heavy atom. The predicted octanol–water partition coefficient (Wildman–Crippen LogP) is 2.38. The maximum atomic E-state index is 12.8. The Bertz CT molecular complexity index is 783. The lowest BCUT2D eigenvalue weighted by atomic mass is 10.0. The minimum atomic E-state index is -3.98. The fourth-order valence-electron chi connectivity index (χ4n) is 2.57. The number of azide groups is 1. The second-order valence-electron chi connectivity index (χ2n) is 4.76. The van der Waals surface area contributed by atoms with Crippen molar-refractivity contribution in [1.82, 2.24) is 3.71 Å². The van der Waals surface area contributed by atoms with Gasteiger partial charge >= 0.3 is 0 Å². The number of nitrogens with zero attached hydrogens (tertiary/aromatic N) is 4. The lowest BCUT2D eigenvalue weighted by Gasteiger charge is -2.38. The largest absolute Gasteiger partial charge is 0.255 e.